The Balaban J connectivity index is 1.86. The van der Waals surface area contributed by atoms with Crippen LogP contribution in [0.3, 0.4) is 0 Å². The minimum Gasteiger partial charge on any atom is -0.466 e. The molecule has 0 amide bonds. The van der Waals surface area contributed by atoms with Crippen LogP contribution in [0.2, 0.25) is 0 Å². The average molecular weight is 308 g/mol. The first-order valence-corrected chi connectivity index (χ1v) is 8.59. The Labute approximate surface area is 127 Å². The fraction of sp³-hybridized carbons (Fsp3) is 0.500. The van der Waals surface area contributed by atoms with Gasteiger partial charge in [0.2, 0.25) is 0 Å². The molecule has 21 heavy (non-hydrogen) atoms. The van der Waals surface area contributed by atoms with Crippen LogP contribution >= 0.6 is 0 Å². The molecule has 0 fully saturated rings. The molecule has 2 rings (SSSR count). The van der Waals surface area contributed by atoms with E-state index >= 15 is 0 Å². The monoisotopic (exact) mass is 308 g/mol. The van der Waals surface area contributed by atoms with Gasteiger partial charge in [-0.2, -0.15) is 0 Å². The van der Waals surface area contributed by atoms with E-state index < -0.39 is 10.8 Å². The van der Waals surface area contributed by atoms with Crippen LogP contribution in [-0.4, -0.2) is 28.3 Å². The Morgan fingerprint density at radius 1 is 1.19 bits per heavy atom. The summed E-state index contributed by atoms with van der Waals surface area (Å²) in [6.45, 7) is 2.04. The minimum absolute atomic E-state index is 0.0296. The molecule has 1 aliphatic carbocycles. The Hall–Kier alpha value is -1.49. The first kappa shape index (κ1) is 15.9. The van der Waals surface area contributed by atoms with Gasteiger partial charge < -0.3 is 4.74 Å². The minimum atomic E-state index is -1.33. The summed E-state index contributed by atoms with van der Waals surface area (Å²) in [5.41, 5.74) is 2.57. The zero-order valence-corrected chi connectivity index (χ0v) is 13.0. The van der Waals surface area contributed by atoms with Gasteiger partial charge in [0, 0.05) is 11.3 Å². The molecule has 0 aliphatic heterocycles. The van der Waals surface area contributed by atoms with Crippen molar-refractivity contribution in [3.05, 3.63) is 29.3 Å². The van der Waals surface area contributed by atoms with E-state index in [0.29, 0.717) is 11.5 Å². The zero-order chi connectivity index (χ0) is 15.2. The Kier molecular flexibility index (Phi) is 5.67. The van der Waals surface area contributed by atoms with Crippen molar-refractivity contribution >= 4 is 22.6 Å². The maximum absolute atomic E-state index is 12.2. The first-order chi connectivity index (χ1) is 10.1. The van der Waals surface area contributed by atoms with Crippen LogP contribution < -0.4 is 0 Å². The summed E-state index contributed by atoms with van der Waals surface area (Å²) in [5.74, 6) is -0.575. The van der Waals surface area contributed by atoms with Crippen LogP contribution in [-0.2, 0) is 38.0 Å². The van der Waals surface area contributed by atoms with Crippen molar-refractivity contribution in [1.82, 2.24) is 0 Å². The van der Waals surface area contributed by atoms with Crippen LogP contribution in [0.25, 0.3) is 0 Å². The average Bonchev–Trinajstić information content (AvgIpc) is 2.92. The normalized spacial score (nSPS) is 14.5. The number of hydrogen-bond donors (Lipinski definition) is 0. The summed E-state index contributed by atoms with van der Waals surface area (Å²) in [7, 11) is -1.33. The molecule has 114 valence electrons. The van der Waals surface area contributed by atoms with Gasteiger partial charge in [-0.3, -0.25) is 13.8 Å². The molecular formula is C16H20O4S. The lowest BCUT2D eigenvalue weighted by atomic mass is 10.1. The molecule has 1 unspecified atom stereocenters. The smallest absolute Gasteiger partial charge is 0.306 e. The van der Waals surface area contributed by atoms with Gasteiger partial charge in [-0.1, -0.05) is 6.07 Å². The predicted octanol–water partition coefficient (Wildman–Crippen LogP) is 2.20. The molecule has 0 saturated carbocycles. The van der Waals surface area contributed by atoms with Gasteiger partial charge >= 0.3 is 5.97 Å². The van der Waals surface area contributed by atoms with E-state index in [4.69, 9.17) is 4.74 Å². The summed E-state index contributed by atoms with van der Waals surface area (Å²) in [5, 5.41) is 0. The third-order valence-electron chi connectivity index (χ3n) is 3.54. The number of esters is 1. The SMILES string of the molecule is CCOC(=O)CCC(=O)CS(=O)c1ccc2c(c1)CCC2. The van der Waals surface area contributed by atoms with E-state index in [-0.39, 0.29) is 30.3 Å². The summed E-state index contributed by atoms with van der Waals surface area (Å²) < 4.78 is 17.0. The van der Waals surface area contributed by atoms with Gasteiger partial charge in [-0.05, 0) is 49.4 Å². The van der Waals surface area contributed by atoms with Crippen LogP contribution in [0.1, 0.15) is 37.3 Å². The second kappa shape index (κ2) is 7.50. The largest absolute Gasteiger partial charge is 0.466 e. The fourth-order valence-corrected chi connectivity index (χ4v) is 3.56. The third-order valence-corrected chi connectivity index (χ3v) is 4.90. The molecule has 1 aromatic carbocycles. The van der Waals surface area contributed by atoms with Crippen LogP contribution in [0.5, 0.6) is 0 Å². The van der Waals surface area contributed by atoms with Crippen LogP contribution in [0.4, 0.5) is 0 Å². The Morgan fingerprint density at radius 3 is 2.71 bits per heavy atom. The highest BCUT2D eigenvalue weighted by Crippen LogP contribution is 2.24. The van der Waals surface area contributed by atoms with Gasteiger partial charge in [-0.15, -0.1) is 0 Å². The van der Waals surface area contributed by atoms with E-state index in [2.05, 4.69) is 0 Å². The Bertz CT molecular complexity index is 565. The lowest BCUT2D eigenvalue weighted by Crippen LogP contribution is -2.13. The molecule has 5 heteroatoms. The predicted molar refractivity (Wildman–Crippen MR) is 80.6 cm³/mol. The number of ether oxygens (including phenoxy) is 1. The van der Waals surface area contributed by atoms with Gasteiger partial charge in [0.1, 0.15) is 5.78 Å². The fourth-order valence-electron chi connectivity index (χ4n) is 2.47. The lowest BCUT2D eigenvalue weighted by molar-refractivity contribution is -0.144. The number of carbonyl (C=O) groups is 2. The highest BCUT2D eigenvalue weighted by Gasteiger charge is 2.16. The Morgan fingerprint density at radius 2 is 1.95 bits per heavy atom. The maximum Gasteiger partial charge on any atom is 0.306 e. The standard InChI is InChI=1S/C16H20O4S/c1-2-20-16(18)9-7-14(17)11-21(19)15-8-6-12-4-3-5-13(12)10-15/h6,8,10H,2-5,7,9,11H2,1H3. The van der Waals surface area contributed by atoms with Crippen molar-refractivity contribution in [3.8, 4) is 0 Å². The van der Waals surface area contributed by atoms with Gasteiger partial charge in [0.15, 0.2) is 0 Å². The summed E-state index contributed by atoms with van der Waals surface area (Å²) in [6, 6.07) is 5.81. The second-order valence-corrected chi connectivity index (χ2v) is 6.57. The molecule has 0 bridgehead atoms. The number of Topliss-reactive ketones (excluding diaryl/α,β-unsaturated/α-hetero) is 1. The van der Waals surface area contributed by atoms with Crippen molar-refractivity contribution in [1.29, 1.82) is 0 Å². The second-order valence-electron chi connectivity index (χ2n) is 5.12. The summed E-state index contributed by atoms with van der Waals surface area (Å²) in [6.07, 6.45) is 3.41. The number of hydrogen-bond acceptors (Lipinski definition) is 4. The highest BCUT2D eigenvalue weighted by atomic mass is 32.2. The van der Waals surface area contributed by atoms with Crippen LogP contribution in [0.15, 0.2) is 23.1 Å². The molecule has 1 aliphatic rings. The van der Waals surface area contributed by atoms with Crippen molar-refractivity contribution in [2.75, 3.05) is 12.4 Å². The number of rotatable bonds is 7. The molecule has 0 aromatic heterocycles. The van der Waals surface area contributed by atoms with E-state index in [1.807, 2.05) is 18.2 Å². The third kappa shape index (κ3) is 4.49. The number of carbonyl (C=O) groups excluding carboxylic acids is 2. The maximum atomic E-state index is 12.2. The van der Waals surface area contributed by atoms with Crippen molar-refractivity contribution < 1.29 is 18.5 Å². The van der Waals surface area contributed by atoms with Gasteiger partial charge in [0.25, 0.3) is 0 Å². The van der Waals surface area contributed by atoms with E-state index in [1.165, 1.54) is 11.1 Å². The van der Waals surface area contributed by atoms with Gasteiger partial charge in [-0.25, -0.2) is 0 Å². The number of ketones is 1. The molecule has 0 N–H and O–H groups in total. The van der Waals surface area contributed by atoms with E-state index in [0.717, 1.165) is 19.3 Å². The lowest BCUT2D eigenvalue weighted by Gasteiger charge is -2.05. The molecule has 4 nitrogen and oxygen atoms in total. The number of aryl methyl sites for hydroxylation is 2. The van der Waals surface area contributed by atoms with Gasteiger partial charge in [0.05, 0.1) is 29.6 Å². The van der Waals surface area contributed by atoms with Crippen molar-refractivity contribution in [2.24, 2.45) is 0 Å². The van der Waals surface area contributed by atoms with Crippen molar-refractivity contribution in [3.63, 3.8) is 0 Å². The van der Waals surface area contributed by atoms with E-state index in [9.17, 15) is 13.8 Å². The number of benzene rings is 1. The molecule has 1 aromatic rings. The first-order valence-electron chi connectivity index (χ1n) is 7.27. The zero-order valence-electron chi connectivity index (χ0n) is 12.2. The topological polar surface area (TPSA) is 60.4 Å². The quantitative estimate of drug-likeness (QED) is 0.725. The molecule has 0 spiro atoms. The van der Waals surface area contributed by atoms with Crippen molar-refractivity contribution in [2.45, 2.75) is 43.9 Å². The summed E-state index contributed by atoms with van der Waals surface area (Å²) in [4.78, 5) is 23.7. The molecule has 0 heterocycles. The highest BCUT2D eigenvalue weighted by molar-refractivity contribution is 7.85. The summed E-state index contributed by atoms with van der Waals surface area (Å²) >= 11 is 0. The molecule has 0 saturated heterocycles. The number of fused-ring (bicyclic) bond motifs is 1. The molecule has 1 atom stereocenters. The van der Waals surface area contributed by atoms with Crippen LogP contribution in [0, 0.1) is 0 Å². The van der Waals surface area contributed by atoms with E-state index in [1.54, 1.807) is 6.92 Å². The molecular weight excluding hydrogens is 288 g/mol. The molecule has 0 radical (unpaired) electrons.